The molecule has 1 aliphatic rings. The van der Waals surface area contributed by atoms with Crippen molar-refractivity contribution >= 4 is 27.6 Å². The number of carbonyl (C=O) groups excluding carboxylic acids is 2. The second kappa shape index (κ2) is 41.5. The van der Waals surface area contributed by atoms with Crippen LogP contribution in [0, 0.1) is 0 Å². The van der Waals surface area contributed by atoms with E-state index in [1.165, 1.54) is 25.7 Å². The molecule has 0 bridgehead atoms. The van der Waals surface area contributed by atoms with Gasteiger partial charge in [-0.25, -0.2) is 9.13 Å². The number of phosphoric ester groups is 2. The van der Waals surface area contributed by atoms with Crippen molar-refractivity contribution < 1.29 is 82.0 Å². The lowest BCUT2D eigenvalue weighted by atomic mass is 9.85. The van der Waals surface area contributed by atoms with Gasteiger partial charge in [0, 0.05) is 12.8 Å². The number of allylic oxidation sites excluding steroid dienone is 13. The maximum absolute atomic E-state index is 13.0. The van der Waals surface area contributed by atoms with Gasteiger partial charge in [0.05, 0.1) is 12.7 Å². The number of esters is 2. The molecule has 19 heteroatoms. The van der Waals surface area contributed by atoms with E-state index in [0.717, 1.165) is 89.9 Å². The molecule has 0 aromatic rings. The van der Waals surface area contributed by atoms with Crippen molar-refractivity contribution in [1.82, 2.24) is 0 Å². The molecule has 71 heavy (non-hydrogen) atoms. The van der Waals surface area contributed by atoms with Crippen LogP contribution in [0.25, 0.3) is 0 Å². The first-order valence-electron chi connectivity index (χ1n) is 25.7. The molecule has 408 valence electrons. The molecule has 0 aromatic heterocycles. The third kappa shape index (κ3) is 35.9. The van der Waals surface area contributed by atoms with Crippen LogP contribution in [-0.4, -0.2) is 114 Å². The SMILES string of the molecule is CCCCCC/C=C\C/C=C\C/C=C\CCCCCCCCC(=O)O[C@H](COC(=O)CCC/C=C\C/C=C\C/C=C\C=C\[C@H](O)CCCCC)COP(=O)(O)O[C@H]1C(O)C(O)C(O)[C@@H](OP(=O)(O)O)C1O. The minimum atomic E-state index is -5.38. The van der Waals surface area contributed by atoms with Crippen LogP contribution in [0.3, 0.4) is 0 Å². The smallest absolute Gasteiger partial charge is 0.462 e. The molecule has 0 heterocycles. The number of phosphoric acid groups is 2. The Labute approximate surface area is 423 Å². The average Bonchev–Trinajstić information content (AvgIpc) is 3.32. The zero-order valence-corrected chi connectivity index (χ0v) is 44.0. The zero-order valence-electron chi connectivity index (χ0n) is 42.2. The van der Waals surface area contributed by atoms with E-state index in [-0.39, 0.29) is 12.8 Å². The van der Waals surface area contributed by atoms with Crippen LogP contribution < -0.4 is 0 Å². The third-order valence-electron chi connectivity index (χ3n) is 11.3. The number of aliphatic hydroxyl groups is 5. The predicted molar refractivity (Wildman–Crippen MR) is 275 cm³/mol. The molecule has 0 radical (unpaired) electrons. The summed E-state index contributed by atoms with van der Waals surface area (Å²) >= 11 is 0. The molecule has 17 nitrogen and oxygen atoms in total. The first kappa shape index (κ1) is 66.2. The van der Waals surface area contributed by atoms with Gasteiger partial charge < -0.3 is 49.7 Å². The van der Waals surface area contributed by atoms with Gasteiger partial charge in [-0.05, 0) is 77.0 Å². The molecule has 1 rings (SSSR count). The Balaban J connectivity index is 2.62. The van der Waals surface area contributed by atoms with Gasteiger partial charge >= 0.3 is 27.6 Å². The predicted octanol–water partition coefficient (Wildman–Crippen LogP) is 9.54. The van der Waals surface area contributed by atoms with Crippen molar-refractivity contribution in [2.45, 2.75) is 217 Å². The highest BCUT2D eigenvalue weighted by Gasteiger charge is 2.54. The molecule has 1 aliphatic carbocycles. The maximum atomic E-state index is 13.0. The summed E-state index contributed by atoms with van der Waals surface area (Å²) in [6, 6.07) is 0. The number of carbonyl (C=O) groups is 2. The summed E-state index contributed by atoms with van der Waals surface area (Å²) in [5.74, 6) is -1.32. The molecule has 0 aromatic carbocycles. The van der Waals surface area contributed by atoms with E-state index in [1.807, 2.05) is 42.5 Å². The molecule has 8 N–H and O–H groups in total. The molecular weight excluding hydrogens is 959 g/mol. The van der Waals surface area contributed by atoms with E-state index in [2.05, 4.69) is 54.8 Å². The van der Waals surface area contributed by atoms with Crippen LogP contribution >= 0.6 is 15.6 Å². The van der Waals surface area contributed by atoms with Crippen molar-refractivity contribution in [2.24, 2.45) is 0 Å². The normalized spacial score (nSPS) is 22.0. The fourth-order valence-electron chi connectivity index (χ4n) is 7.25. The number of hydrogen-bond acceptors (Lipinski definition) is 14. The Morgan fingerprint density at radius 3 is 1.58 bits per heavy atom. The van der Waals surface area contributed by atoms with Gasteiger partial charge in [0.25, 0.3) is 0 Å². The number of aliphatic hydroxyl groups excluding tert-OH is 5. The molecule has 0 aliphatic heterocycles. The largest absolute Gasteiger partial charge is 0.472 e. The van der Waals surface area contributed by atoms with E-state index in [1.54, 1.807) is 6.08 Å². The second-order valence-electron chi connectivity index (χ2n) is 17.7. The summed E-state index contributed by atoms with van der Waals surface area (Å²) in [7, 11) is -10.7. The van der Waals surface area contributed by atoms with Crippen LogP contribution in [-0.2, 0) is 41.8 Å². The van der Waals surface area contributed by atoms with Crippen LogP contribution in [0.5, 0.6) is 0 Å². The Hall–Kier alpha value is -2.86. The number of unbranched alkanes of at least 4 members (excludes halogenated alkanes) is 13. The number of rotatable bonds is 42. The summed E-state index contributed by atoms with van der Waals surface area (Å²) in [6.45, 7) is 2.91. The second-order valence-corrected chi connectivity index (χ2v) is 20.3. The van der Waals surface area contributed by atoms with Gasteiger partial charge in [-0.1, -0.05) is 163 Å². The first-order chi connectivity index (χ1) is 34.0. The van der Waals surface area contributed by atoms with Crippen molar-refractivity contribution in [3.63, 3.8) is 0 Å². The summed E-state index contributed by atoms with van der Waals surface area (Å²) in [5, 5.41) is 51.2. The van der Waals surface area contributed by atoms with Crippen molar-refractivity contribution in [3.8, 4) is 0 Å². The van der Waals surface area contributed by atoms with Crippen LogP contribution in [0.4, 0.5) is 0 Å². The summed E-state index contributed by atoms with van der Waals surface area (Å²) in [5.41, 5.74) is 0. The van der Waals surface area contributed by atoms with E-state index < -0.39 is 89.6 Å². The van der Waals surface area contributed by atoms with Gasteiger partial charge in [0.2, 0.25) is 0 Å². The van der Waals surface area contributed by atoms with E-state index >= 15 is 0 Å². The molecule has 1 saturated carbocycles. The van der Waals surface area contributed by atoms with Gasteiger partial charge in [0.1, 0.15) is 43.2 Å². The number of ether oxygens (including phenoxy) is 2. The molecular formula is C52H88O17P2. The highest BCUT2D eigenvalue weighted by atomic mass is 31.2. The Morgan fingerprint density at radius 2 is 1.00 bits per heavy atom. The molecule has 1 fully saturated rings. The molecule has 5 unspecified atom stereocenters. The monoisotopic (exact) mass is 1050 g/mol. The average molecular weight is 1050 g/mol. The van der Waals surface area contributed by atoms with E-state index in [0.29, 0.717) is 25.7 Å². The fraction of sp³-hybridized carbons (Fsp3) is 0.692. The Bertz CT molecular complexity index is 1710. The Kier molecular flexibility index (Phi) is 38.7. The Morgan fingerprint density at radius 1 is 0.521 bits per heavy atom. The lowest BCUT2D eigenvalue weighted by Crippen LogP contribution is -2.64. The minimum absolute atomic E-state index is 0.00417. The standard InChI is InChI=1S/C52H88O17P2/c1-3-5-7-8-9-10-11-12-13-14-15-16-17-18-19-22-26-29-32-36-40-46(55)67-44(42-66-71(63,64)69-52-49(58)47(56)48(57)51(50(52)59)68-70(60,61)62)41-65-45(54)39-35-31-28-25-23-20-21-24-27-30-34-38-43(53)37-33-6-4-2/h10-11,13-14,16-17,20-21,25,27-28,30,34,38,43-44,47-53,56-59H,3-9,12,15,18-19,22-24,26,29,31-33,35-37,39-42H2,1-2H3,(H,63,64)(H2,60,61,62)/b11-10-,14-13-,17-16-,21-20-,28-25-,30-27-,38-34+/t43-,44-,47?,48?,49?,50?,51-,52+/m1/s1. The highest BCUT2D eigenvalue weighted by molar-refractivity contribution is 7.47. The quantitative estimate of drug-likeness (QED) is 0.00929. The van der Waals surface area contributed by atoms with Gasteiger partial charge in [-0.2, -0.15) is 0 Å². The maximum Gasteiger partial charge on any atom is 0.472 e. The van der Waals surface area contributed by atoms with Crippen LogP contribution in [0.15, 0.2) is 85.1 Å². The third-order valence-corrected chi connectivity index (χ3v) is 12.8. The summed E-state index contributed by atoms with van der Waals surface area (Å²) < 4.78 is 49.4. The fourth-order valence-corrected chi connectivity index (χ4v) is 8.79. The molecule has 0 saturated heterocycles. The minimum Gasteiger partial charge on any atom is -0.462 e. The van der Waals surface area contributed by atoms with Crippen LogP contribution in [0.1, 0.15) is 168 Å². The van der Waals surface area contributed by atoms with Gasteiger partial charge in [-0.15, -0.1) is 0 Å². The molecule has 0 spiro atoms. The molecule has 0 amide bonds. The van der Waals surface area contributed by atoms with Crippen LogP contribution in [0.2, 0.25) is 0 Å². The summed E-state index contributed by atoms with van der Waals surface area (Å²) in [6.07, 6.45) is 34.2. The highest BCUT2D eigenvalue weighted by Crippen LogP contribution is 2.49. The molecule has 9 atom stereocenters. The van der Waals surface area contributed by atoms with E-state index in [9.17, 15) is 58.9 Å². The van der Waals surface area contributed by atoms with Crippen molar-refractivity contribution in [2.75, 3.05) is 13.2 Å². The van der Waals surface area contributed by atoms with Gasteiger partial charge in [-0.3, -0.25) is 23.2 Å². The van der Waals surface area contributed by atoms with Crippen molar-refractivity contribution in [3.05, 3.63) is 85.1 Å². The lowest BCUT2D eigenvalue weighted by molar-refractivity contribution is -0.216. The number of hydrogen-bond donors (Lipinski definition) is 8. The lowest BCUT2D eigenvalue weighted by Gasteiger charge is -2.43. The zero-order chi connectivity index (χ0) is 52.6. The van der Waals surface area contributed by atoms with Crippen molar-refractivity contribution in [1.29, 1.82) is 0 Å². The first-order valence-corrected chi connectivity index (χ1v) is 28.8. The topological polar surface area (TPSA) is 276 Å². The van der Waals surface area contributed by atoms with Gasteiger partial charge in [0.15, 0.2) is 6.10 Å². The summed E-state index contributed by atoms with van der Waals surface area (Å²) in [4.78, 5) is 54.4. The van der Waals surface area contributed by atoms with E-state index in [4.69, 9.17) is 18.5 Å².